The van der Waals surface area contributed by atoms with Gasteiger partial charge in [-0.1, -0.05) is 35.2 Å². The van der Waals surface area contributed by atoms with Crippen molar-refractivity contribution in [3.05, 3.63) is 0 Å². The summed E-state index contributed by atoms with van der Waals surface area (Å²) in [6, 6.07) is 0. The molecule has 1 aliphatic heterocycles. The number of alkyl halides is 1. The van der Waals surface area contributed by atoms with Gasteiger partial charge < -0.3 is 10.1 Å². The minimum Gasteiger partial charge on any atom is -0.370 e. The molecule has 0 aromatic carbocycles. The van der Waals surface area contributed by atoms with Crippen molar-refractivity contribution in [3.8, 4) is 0 Å². The van der Waals surface area contributed by atoms with Gasteiger partial charge in [0, 0.05) is 17.4 Å². The first kappa shape index (κ1) is 14.8. The van der Waals surface area contributed by atoms with Gasteiger partial charge in [-0.25, -0.2) is 0 Å². The van der Waals surface area contributed by atoms with Crippen molar-refractivity contribution in [2.45, 2.75) is 82.5 Å². The summed E-state index contributed by atoms with van der Waals surface area (Å²) in [4.78, 5) is 0. The van der Waals surface area contributed by atoms with Crippen LogP contribution in [0.25, 0.3) is 0 Å². The van der Waals surface area contributed by atoms with E-state index >= 15 is 0 Å². The predicted octanol–water partition coefficient (Wildman–Crippen LogP) is 4.02. The van der Waals surface area contributed by atoms with E-state index in [1.807, 2.05) is 0 Å². The highest BCUT2D eigenvalue weighted by Gasteiger charge is 2.40. The lowest BCUT2D eigenvalue weighted by Gasteiger charge is -2.34. The molecule has 0 bridgehead atoms. The van der Waals surface area contributed by atoms with E-state index in [0.29, 0.717) is 6.10 Å². The number of ether oxygens (including phenoxy) is 1. The van der Waals surface area contributed by atoms with Gasteiger partial charge in [-0.05, 0) is 46.0 Å². The van der Waals surface area contributed by atoms with Crippen molar-refractivity contribution >= 4 is 15.9 Å². The van der Waals surface area contributed by atoms with Crippen molar-refractivity contribution in [1.29, 1.82) is 0 Å². The van der Waals surface area contributed by atoms with Crippen LogP contribution in [0.5, 0.6) is 0 Å². The summed E-state index contributed by atoms with van der Waals surface area (Å²) in [6.07, 6.45) is 10.9. The monoisotopic (exact) mass is 317 g/mol. The molecule has 1 N–H and O–H groups in total. The zero-order chi connectivity index (χ0) is 13.1. The Morgan fingerprint density at radius 1 is 1.22 bits per heavy atom. The van der Waals surface area contributed by atoms with E-state index in [-0.39, 0.29) is 11.1 Å². The summed E-state index contributed by atoms with van der Waals surface area (Å²) in [5.41, 5.74) is 0.485. The number of nitrogens with one attached hydrogen (secondary N) is 1. The zero-order valence-corrected chi connectivity index (χ0v) is 13.5. The predicted molar refractivity (Wildman–Crippen MR) is 80.4 cm³/mol. The Morgan fingerprint density at radius 2 is 1.94 bits per heavy atom. The van der Waals surface area contributed by atoms with Crippen molar-refractivity contribution in [1.82, 2.24) is 5.32 Å². The summed E-state index contributed by atoms with van der Waals surface area (Å²) in [5.74, 6) is 0. The number of rotatable bonds is 5. The smallest absolute Gasteiger partial charge is 0.0708 e. The van der Waals surface area contributed by atoms with Crippen LogP contribution in [0, 0.1) is 0 Å². The molecule has 3 heteroatoms. The average Bonchev–Trinajstić information content (AvgIpc) is 2.71. The van der Waals surface area contributed by atoms with E-state index in [1.54, 1.807) is 0 Å². The zero-order valence-electron chi connectivity index (χ0n) is 11.9. The molecule has 2 aliphatic rings. The van der Waals surface area contributed by atoms with Crippen LogP contribution in [-0.4, -0.2) is 29.1 Å². The molecule has 18 heavy (non-hydrogen) atoms. The van der Waals surface area contributed by atoms with E-state index in [4.69, 9.17) is 4.74 Å². The first-order valence-electron chi connectivity index (χ1n) is 7.54. The van der Waals surface area contributed by atoms with E-state index < -0.39 is 0 Å². The maximum atomic E-state index is 6.39. The normalized spacial score (nSPS) is 27.8. The standard InChI is InChI=1S/C15H28BrNO/c1-14(2,10-11-16)17-12-13-6-9-15(18-13)7-4-3-5-8-15/h13,17H,3-12H2,1-2H3. The number of hydrogen-bond acceptors (Lipinski definition) is 2. The largest absolute Gasteiger partial charge is 0.370 e. The van der Waals surface area contributed by atoms with Gasteiger partial charge in [0.2, 0.25) is 0 Å². The number of halogens is 1. The molecule has 1 heterocycles. The van der Waals surface area contributed by atoms with Crippen LogP contribution in [0.15, 0.2) is 0 Å². The lowest BCUT2D eigenvalue weighted by Crippen LogP contribution is -2.44. The van der Waals surface area contributed by atoms with Gasteiger partial charge in [-0.2, -0.15) is 0 Å². The lowest BCUT2D eigenvalue weighted by molar-refractivity contribution is -0.0638. The molecule has 2 fully saturated rings. The molecule has 1 unspecified atom stereocenters. The number of hydrogen-bond donors (Lipinski definition) is 1. The third kappa shape index (κ3) is 3.94. The van der Waals surface area contributed by atoms with Crippen LogP contribution in [0.3, 0.4) is 0 Å². The molecule has 2 nitrogen and oxygen atoms in total. The third-order valence-corrected chi connectivity index (χ3v) is 5.03. The van der Waals surface area contributed by atoms with Gasteiger partial charge in [0.1, 0.15) is 0 Å². The summed E-state index contributed by atoms with van der Waals surface area (Å²) < 4.78 is 6.39. The first-order valence-corrected chi connectivity index (χ1v) is 8.66. The fraction of sp³-hybridized carbons (Fsp3) is 1.00. The SMILES string of the molecule is CC(C)(CCBr)NCC1CCC2(CCCCC2)O1. The minimum atomic E-state index is 0.217. The van der Waals surface area contributed by atoms with Gasteiger partial charge in [0.05, 0.1) is 11.7 Å². The van der Waals surface area contributed by atoms with Crippen molar-refractivity contribution < 1.29 is 4.74 Å². The second-order valence-corrected chi connectivity index (χ2v) is 7.52. The molecule has 2 rings (SSSR count). The Morgan fingerprint density at radius 3 is 2.61 bits per heavy atom. The first-order chi connectivity index (χ1) is 8.55. The quantitative estimate of drug-likeness (QED) is 0.773. The molecule has 1 saturated carbocycles. The Balaban J connectivity index is 1.75. The van der Waals surface area contributed by atoms with E-state index in [2.05, 4.69) is 35.1 Å². The van der Waals surface area contributed by atoms with Gasteiger partial charge >= 0.3 is 0 Å². The molecule has 1 spiro atoms. The summed E-state index contributed by atoms with van der Waals surface area (Å²) in [6.45, 7) is 5.57. The van der Waals surface area contributed by atoms with E-state index in [9.17, 15) is 0 Å². The minimum absolute atomic E-state index is 0.217. The van der Waals surface area contributed by atoms with Gasteiger partial charge in [0.15, 0.2) is 0 Å². The Bertz CT molecular complexity index is 261. The second kappa shape index (κ2) is 6.23. The van der Waals surface area contributed by atoms with Crippen LogP contribution in [-0.2, 0) is 4.74 Å². The van der Waals surface area contributed by atoms with Gasteiger partial charge in [-0.3, -0.25) is 0 Å². The molecule has 0 amide bonds. The van der Waals surface area contributed by atoms with Crippen LogP contribution in [0.1, 0.15) is 65.2 Å². The topological polar surface area (TPSA) is 21.3 Å². The van der Waals surface area contributed by atoms with E-state index in [0.717, 1.165) is 18.3 Å². The molecule has 1 aliphatic carbocycles. The molecular formula is C15H28BrNO. The van der Waals surface area contributed by atoms with Crippen molar-refractivity contribution in [2.75, 3.05) is 11.9 Å². The third-order valence-electron chi connectivity index (χ3n) is 4.63. The van der Waals surface area contributed by atoms with Crippen molar-refractivity contribution in [2.24, 2.45) is 0 Å². The van der Waals surface area contributed by atoms with E-state index in [1.165, 1.54) is 44.9 Å². The summed E-state index contributed by atoms with van der Waals surface area (Å²) in [5, 5.41) is 4.73. The fourth-order valence-corrected chi connectivity index (χ4v) is 4.31. The van der Waals surface area contributed by atoms with Gasteiger partial charge in [-0.15, -0.1) is 0 Å². The molecule has 1 atom stereocenters. The molecule has 0 radical (unpaired) electrons. The van der Waals surface area contributed by atoms with Crippen LogP contribution < -0.4 is 5.32 Å². The Labute approximate surface area is 120 Å². The van der Waals surface area contributed by atoms with Crippen LogP contribution in [0.2, 0.25) is 0 Å². The lowest BCUT2D eigenvalue weighted by atomic mass is 9.83. The Kier molecular flexibility index (Phi) is 5.13. The highest BCUT2D eigenvalue weighted by Crippen LogP contribution is 2.41. The maximum Gasteiger partial charge on any atom is 0.0708 e. The summed E-state index contributed by atoms with van der Waals surface area (Å²) >= 11 is 3.52. The summed E-state index contributed by atoms with van der Waals surface area (Å²) in [7, 11) is 0. The average molecular weight is 318 g/mol. The van der Waals surface area contributed by atoms with Crippen LogP contribution in [0.4, 0.5) is 0 Å². The van der Waals surface area contributed by atoms with Gasteiger partial charge in [0.25, 0.3) is 0 Å². The van der Waals surface area contributed by atoms with Crippen LogP contribution >= 0.6 is 15.9 Å². The molecule has 0 aromatic heterocycles. The highest BCUT2D eigenvalue weighted by atomic mass is 79.9. The molecular weight excluding hydrogens is 290 g/mol. The van der Waals surface area contributed by atoms with Crippen molar-refractivity contribution in [3.63, 3.8) is 0 Å². The Hall–Kier alpha value is 0.400. The molecule has 106 valence electrons. The maximum absolute atomic E-state index is 6.39. The second-order valence-electron chi connectivity index (χ2n) is 6.73. The molecule has 0 aromatic rings. The highest BCUT2D eigenvalue weighted by molar-refractivity contribution is 9.09. The molecule has 1 saturated heterocycles. The fourth-order valence-electron chi connectivity index (χ4n) is 3.32.